The van der Waals surface area contributed by atoms with Gasteiger partial charge in [-0.2, -0.15) is 0 Å². The van der Waals surface area contributed by atoms with Crippen LogP contribution < -0.4 is 0 Å². The number of halogens is 1. The molecule has 0 heterocycles. The summed E-state index contributed by atoms with van der Waals surface area (Å²) in [5.74, 6) is 0.291. The Hall–Kier alpha value is -1.06. The molecule has 82 valence electrons. The van der Waals surface area contributed by atoms with Crippen LogP contribution in [0.4, 0.5) is 0 Å². The Bertz CT molecular complexity index is 272. The second-order valence-electron chi connectivity index (χ2n) is 2.59. The molecule has 1 rings (SSSR count). The number of benzene rings is 1. The Balaban J connectivity index is 0.000000265. The fourth-order valence-electron chi connectivity index (χ4n) is 0.711. The number of hydrogen-bond donors (Lipinski definition) is 1. The van der Waals surface area contributed by atoms with Crippen LogP contribution in [0.2, 0.25) is 0 Å². The Morgan fingerprint density at radius 2 is 1.87 bits per heavy atom. The summed E-state index contributed by atoms with van der Waals surface area (Å²) in [5, 5.41) is 8.78. The van der Waals surface area contributed by atoms with E-state index in [4.69, 9.17) is 9.84 Å². The van der Waals surface area contributed by atoms with Crippen LogP contribution in [0.25, 0.3) is 0 Å². The van der Waals surface area contributed by atoms with Crippen molar-refractivity contribution < 1.29 is 9.84 Å². The van der Waals surface area contributed by atoms with E-state index in [1.807, 2.05) is 6.07 Å². The number of hydrogen-bond acceptors (Lipinski definition) is 2. The minimum absolute atomic E-state index is 0.291. The molecule has 0 saturated carbocycles. The van der Waals surface area contributed by atoms with Gasteiger partial charge in [-0.3, -0.25) is 0 Å². The lowest BCUT2D eigenvalue weighted by molar-refractivity contribution is 0.194. The molecule has 1 N–H and O–H groups in total. The van der Waals surface area contributed by atoms with Gasteiger partial charge in [0.2, 0.25) is 0 Å². The van der Waals surface area contributed by atoms with Crippen molar-refractivity contribution in [2.45, 2.75) is 0 Å². The SMILES string of the molecule is C=CCOCC=C.Oc1cccc(Br)c1. The monoisotopic (exact) mass is 270 g/mol. The predicted octanol–water partition coefficient (Wildman–Crippen LogP) is 3.53. The van der Waals surface area contributed by atoms with E-state index in [1.54, 1.807) is 30.4 Å². The molecule has 0 unspecified atom stereocenters. The fraction of sp³-hybridized carbons (Fsp3) is 0.167. The van der Waals surface area contributed by atoms with Crippen molar-refractivity contribution in [2.24, 2.45) is 0 Å². The molecule has 3 heteroatoms. The van der Waals surface area contributed by atoms with Gasteiger partial charge in [0.1, 0.15) is 5.75 Å². The molecule has 0 atom stereocenters. The minimum atomic E-state index is 0.291. The molecule has 1 aromatic rings. The summed E-state index contributed by atoms with van der Waals surface area (Å²) >= 11 is 3.20. The quantitative estimate of drug-likeness (QED) is 0.670. The largest absolute Gasteiger partial charge is 0.508 e. The van der Waals surface area contributed by atoms with E-state index in [0.717, 1.165) is 4.47 Å². The zero-order valence-corrected chi connectivity index (χ0v) is 10.1. The summed E-state index contributed by atoms with van der Waals surface area (Å²) in [6.07, 6.45) is 3.42. The lowest BCUT2D eigenvalue weighted by Crippen LogP contribution is -1.87. The maximum absolute atomic E-state index is 8.78. The Morgan fingerprint density at radius 3 is 2.20 bits per heavy atom. The van der Waals surface area contributed by atoms with Crippen LogP contribution in [-0.2, 0) is 4.74 Å². The lowest BCUT2D eigenvalue weighted by atomic mass is 10.3. The van der Waals surface area contributed by atoms with Gasteiger partial charge in [-0.15, -0.1) is 13.2 Å². The van der Waals surface area contributed by atoms with Gasteiger partial charge in [0.05, 0.1) is 13.2 Å². The summed E-state index contributed by atoms with van der Waals surface area (Å²) in [6.45, 7) is 8.18. The first-order valence-electron chi connectivity index (χ1n) is 4.44. The highest BCUT2D eigenvalue weighted by Crippen LogP contribution is 2.15. The molecule has 0 spiro atoms. The summed E-state index contributed by atoms with van der Waals surface area (Å²) < 4.78 is 5.80. The molecule has 0 aromatic heterocycles. The number of phenols is 1. The van der Waals surface area contributed by atoms with E-state index in [9.17, 15) is 0 Å². The summed E-state index contributed by atoms with van der Waals surface area (Å²) in [6, 6.07) is 6.91. The van der Waals surface area contributed by atoms with Crippen molar-refractivity contribution in [3.8, 4) is 5.75 Å². The number of phenolic OH excluding ortho intramolecular Hbond substituents is 1. The van der Waals surface area contributed by atoms with Crippen LogP contribution in [0, 0.1) is 0 Å². The predicted molar refractivity (Wildman–Crippen MR) is 67.0 cm³/mol. The third-order valence-corrected chi connectivity index (χ3v) is 1.77. The molecule has 0 aliphatic heterocycles. The van der Waals surface area contributed by atoms with E-state index in [1.165, 1.54) is 0 Å². The topological polar surface area (TPSA) is 29.5 Å². The Labute approximate surface area is 99.0 Å². The van der Waals surface area contributed by atoms with E-state index >= 15 is 0 Å². The van der Waals surface area contributed by atoms with Gasteiger partial charge >= 0.3 is 0 Å². The molecule has 1 aromatic carbocycles. The first-order valence-corrected chi connectivity index (χ1v) is 5.24. The van der Waals surface area contributed by atoms with Crippen LogP contribution in [0.1, 0.15) is 0 Å². The van der Waals surface area contributed by atoms with Crippen LogP contribution in [0.5, 0.6) is 5.75 Å². The van der Waals surface area contributed by atoms with E-state index in [2.05, 4.69) is 29.1 Å². The summed E-state index contributed by atoms with van der Waals surface area (Å²) in [7, 11) is 0. The van der Waals surface area contributed by atoms with Crippen molar-refractivity contribution >= 4 is 15.9 Å². The highest BCUT2D eigenvalue weighted by molar-refractivity contribution is 9.10. The molecule has 0 fully saturated rings. The van der Waals surface area contributed by atoms with Gasteiger partial charge in [0.25, 0.3) is 0 Å². The third kappa shape index (κ3) is 9.25. The van der Waals surface area contributed by atoms with Crippen molar-refractivity contribution in [2.75, 3.05) is 13.2 Å². The van der Waals surface area contributed by atoms with Gasteiger partial charge in [0, 0.05) is 4.47 Å². The molecule has 0 radical (unpaired) electrons. The maximum Gasteiger partial charge on any atom is 0.116 e. The van der Waals surface area contributed by atoms with Crippen LogP contribution in [0.3, 0.4) is 0 Å². The zero-order chi connectivity index (χ0) is 11.5. The highest BCUT2D eigenvalue weighted by atomic mass is 79.9. The van der Waals surface area contributed by atoms with Gasteiger partial charge < -0.3 is 9.84 Å². The number of aromatic hydroxyl groups is 1. The molecule has 15 heavy (non-hydrogen) atoms. The van der Waals surface area contributed by atoms with E-state index < -0.39 is 0 Å². The van der Waals surface area contributed by atoms with Gasteiger partial charge in [-0.25, -0.2) is 0 Å². The van der Waals surface area contributed by atoms with Gasteiger partial charge in [-0.1, -0.05) is 34.1 Å². The van der Waals surface area contributed by atoms with Gasteiger partial charge in [0.15, 0.2) is 0 Å². The van der Waals surface area contributed by atoms with Crippen molar-refractivity contribution in [1.82, 2.24) is 0 Å². The Kier molecular flexibility index (Phi) is 8.82. The molecule has 0 amide bonds. The minimum Gasteiger partial charge on any atom is -0.508 e. The molecular weight excluding hydrogens is 256 g/mol. The molecular formula is C12H15BrO2. The second kappa shape index (κ2) is 9.49. The van der Waals surface area contributed by atoms with Crippen molar-refractivity contribution in [3.63, 3.8) is 0 Å². The number of ether oxygens (including phenoxy) is 1. The summed E-state index contributed by atoms with van der Waals surface area (Å²) in [5.41, 5.74) is 0. The molecule has 0 saturated heterocycles. The lowest BCUT2D eigenvalue weighted by Gasteiger charge is -1.89. The Morgan fingerprint density at radius 1 is 1.27 bits per heavy atom. The average molecular weight is 271 g/mol. The fourth-order valence-corrected chi connectivity index (χ4v) is 1.10. The first-order chi connectivity index (χ1) is 7.20. The van der Waals surface area contributed by atoms with Crippen LogP contribution >= 0.6 is 15.9 Å². The maximum atomic E-state index is 8.78. The molecule has 0 aliphatic carbocycles. The first kappa shape index (κ1) is 13.9. The van der Waals surface area contributed by atoms with Crippen LogP contribution in [-0.4, -0.2) is 18.3 Å². The standard InChI is InChI=1S/C6H5BrO.C6H10O/c7-5-2-1-3-6(8)4-5;1-3-5-7-6-4-2/h1-4,8H;3-4H,1-2,5-6H2. The molecule has 0 bridgehead atoms. The van der Waals surface area contributed by atoms with Crippen molar-refractivity contribution in [1.29, 1.82) is 0 Å². The normalized spacial score (nSPS) is 8.60. The second-order valence-corrected chi connectivity index (χ2v) is 3.51. The third-order valence-electron chi connectivity index (χ3n) is 1.28. The summed E-state index contributed by atoms with van der Waals surface area (Å²) in [4.78, 5) is 0. The van der Waals surface area contributed by atoms with Crippen LogP contribution in [0.15, 0.2) is 54.0 Å². The average Bonchev–Trinajstić information content (AvgIpc) is 2.19. The van der Waals surface area contributed by atoms with Gasteiger partial charge in [-0.05, 0) is 18.2 Å². The van der Waals surface area contributed by atoms with E-state index in [0.29, 0.717) is 19.0 Å². The highest BCUT2D eigenvalue weighted by Gasteiger charge is 1.84. The van der Waals surface area contributed by atoms with E-state index in [-0.39, 0.29) is 0 Å². The molecule has 0 aliphatic rings. The zero-order valence-electron chi connectivity index (χ0n) is 8.53. The number of rotatable bonds is 4. The van der Waals surface area contributed by atoms with Crippen molar-refractivity contribution in [3.05, 3.63) is 54.0 Å². The molecule has 2 nitrogen and oxygen atoms in total. The smallest absolute Gasteiger partial charge is 0.116 e.